The van der Waals surface area contributed by atoms with Crippen LogP contribution in [0.4, 0.5) is 5.69 Å². The smallest absolute Gasteiger partial charge is 0.193 e. The van der Waals surface area contributed by atoms with Crippen molar-refractivity contribution < 1.29 is 4.74 Å². The summed E-state index contributed by atoms with van der Waals surface area (Å²) in [6.45, 7) is 4.91. The van der Waals surface area contributed by atoms with Crippen LogP contribution in [0.25, 0.3) is 0 Å². The number of para-hydroxylation sites is 2. The Morgan fingerprint density at radius 2 is 2.12 bits per heavy atom. The van der Waals surface area contributed by atoms with Gasteiger partial charge in [-0.1, -0.05) is 26.0 Å². The van der Waals surface area contributed by atoms with E-state index in [4.69, 9.17) is 10.5 Å². The summed E-state index contributed by atoms with van der Waals surface area (Å²) in [5, 5.41) is 3.02. The summed E-state index contributed by atoms with van der Waals surface area (Å²) in [5.74, 6) is 1.67. The largest absolute Gasteiger partial charge is 0.495 e. The van der Waals surface area contributed by atoms with Crippen LogP contribution in [0.3, 0.4) is 0 Å². The average molecular weight is 221 g/mol. The number of guanidine groups is 1. The number of methoxy groups -OCH3 is 1. The summed E-state index contributed by atoms with van der Waals surface area (Å²) in [6.07, 6.45) is 0. The van der Waals surface area contributed by atoms with Gasteiger partial charge >= 0.3 is 0 Å². The van der Waals surface area contributed by atoms with Crippen LogP contribution in [-0.4, -0.2) is 19.6 Å². The lowest BCUT2D eigenvalue weighted by molar-refractivity contribution is 0.417. The van der Waals surface area contributed by atoms with Crippen molar-refractivity contribution in [2.75, 3.05) is 19.0 Å². The number of nitrogens with zero attached hydrogens (tertiary/aromatic N) is 1. The number of aliphatic imine (C=N–C) groups is 1. The van der Waals surface area contributed by atoms with Gasteiger partial charge in [-0.25, -0.2) is 0 Å². The van der Waals surface area contributed by atoms with Gasteiger partial charge < -0.3 is 15.8 Å². The minimum Gasteiger partial charge on any atom is -0.495 e. The van der Waals surface area contributed by atoms with Crippen molar-refractivity contribution >= 4 is 11.6 Å². The van der Waals surface area contributed by atoms with Crippen LogP contribution < -0.4 is 15.8 Å². The molecule has 0 amide bonds. The Labute approximate surface area is 96.5 Å². The maximum absolute atomic E-state index is 5.76. The standard InChI is InChI=1S/C12H19N3O/c1-9(2)8-14-12(13)15-10-6-4-5-7-11(10)16-3/h4-7,9H,8H2,1-3H3,(H3,13,14,15). The van der Waals surface area contributed by atoms with Gasteiger partial charge in [0.2, 0.25) is 0 Å². The zero-order chi connectivity index (χ0) is 12.0. The first kappa shape index (κ1) is 12.4. The Bertz CT molecular complexity index is 361. The second kappa shape index (κ2) is 6.00. The normalized spacial score (nSPS) is 11.6. The number of hydrogen-bond donors (Lipinski definition) is 2. The molecule has 1 rings (SSSR count). The van der Waals surface area contributed by atoms with Crippen molar-refractivity contribution in [3.05, 3.63) is 24.3 Å². The second-order valence-electron chi connectivity index (χ2n) is 3.95. The van der Waals surface area contributed by atoms with Gasteiger partial charge in [0.15, 0.2) is 5.96 Å². The van der Waals surface area contributed by atoms with Crippen LogP contribution in [0, 0.1) is 5.92 Å². The maximum Gasteiger partial charge on any atom is 0.193 e. The third-order valence-corrected chi connectivity index (χ3v) is 2.00. The Kier molecular flexibility index (Phi) is 4.64. The van der Waals surface area contributed by atoms with E-state index < -0.39 is 0 Å². The molecule has 0 saturated carbocycles. The fourth-order valence-corrected chi connectivity index (χ4v) is 1.21. The lowest BCUT2D eigenvalue weighted by Gasteiger charge is -2.10. The monoisotopic (exact) mass is 221 g/mol. The Morgan fingerprint density at radius 1 is 1.44 bits per heavy atom. The zero-order valence-electron chi connectivity index (χ0n) is 10.0. The second-order valence-corrected chi connectivity index (χ2v) is 3.95. The highest BCUT2D eigenvalue weighted by molar-refractivity contribution is 5.93. The van der Waals surface area contributed by atoms with E-state index in [9.17, 15) is 0 Å². The molecule has 0 aliphatic rings. The minimum atomic E-state index is 0.415. The molecule has 16 heavy (non-hydrogen) atoms. The Balaban J connectivity index is 2.68. The van der Waals surface area contributed by atoms with E-state index in [1.54, 1.807) is 7.11 Å². The molecule has 4 nitrogen and oxygen atoms in total. The van der Waals surface area contributed by atoms with E-state index in [1.807, 2.05) is 24.3 Å². The molecule has 1 aromatic rings. The molecule has 4 heteroatoms. The van der Waals surface area contributed by atoms with Crippen LogP contribution in [0.2, 0.25) is 0 Å². The van der Waals surface area contributed by atoms with Gasteiger partial charge in [0.25, 0.3) is 0 Å². The van der Waals surface area contributed by atoms with Crippen molar-refractivity contribution in [3.63, 3.8) is 0 Å². The average Bonchev–Trinajstić information content (AvgIpc) is 2.27. The molecule has 0 heterocycles. The van der Waals surface area contributed by atoms with Gasteiger partial charge in [0.05, 0.1) is 12.8 Å². The van der Waals surface area contributed by atoms with E-state index >= 15 is 0 Å². The predicted molar refractivity (Wildman–Crippen MR) is 67.9 cm³/mol. The number of hydrogen-bond acceptors (Lipinski definition) is 2. The summed E-state index contributed by atoms with van der Waals surface area (Å²) in [4.78, 5) is 4.22. The van der Waals surface area contributed by atoms with E-state index in [2.05, 4.69) is 24.2 Å². The molecule has 0 spiro atoms. The van der Waals surface area contributed by atoms with Gasteiger partial charge in [-0.05, 0) is 18.1 Å². The molecule has 0 aliphatic carbocycles. The van der Waals surface area contributed by atoms with Crippen LogP contribution >= 0.6 is 0 Å². The van der Waals surface area contributed by atoms with Crippen molar-refractivity contribution in [2.24, 2.45) is 16.6 Å². The molecule has 0 aliphatic heterocycles. The van der Waals surface area contributed by atoms with Crippen LogP contribution in [-0.2, 0) is 0 Å². The zero-order valence-corrected chi connectivity index (χ0v) is 10.0. The Hall–Kier alpha value is -1.71. The number of benzene rings is 1. The van der Waals surface area contributed by atoms with E-state index in [1.165, 1.54) is 0 Å². The molecule has 0 bridgehead atoms. The van der Waals surface area contributed by atoms with Crippen molar-refractivity contribution in [3.8, 4) is 5.75 Å². The van der Waals surface area contributed by atoms with Gasteiger partial charge in [0.1, 0.15) is 5.75 Å². The lowest BCUT2D eigenvalue weighted by Crippen LogP contribution is -2.23. The van der Waals surface area contributed by atoms with Crippen molar-refractivity contribution in [2.45, 2.75) is 13.8 Å². The Morgan fingerprint density at radius 3 is 2.75 bits per heavy atom. The molecule has 0 atom stereocenters. The predicted octanol–water partition coefficient (Wildman–Crippen LogP) is 2.08. The SMILES string of the molecule is COc1ccccc1NC(N)=NCC(C)C. The number of anilines is 1. The number of nitrogens with one attached hydrogen (secondary N) is 1. The molecular weight excluding hydrogens is 202 g/mol. The third-order valence-electron chi connectivity index (χ3n) is 2.00. The third kappa shape index (κ3) is 3.81. The minimum absolute atomic E-state index is 0.415. The molecule has 3 N–H and O–H groups in total. The number of ether oxygens (including phenoxy) is 1. The van der Waals surface area contributed by atoms with Crippen molar-refractivity contribution in [1.82, 2.24) is 0 Å². The van der Waals surface area contributed by atoms with E-state index in [0.29, 0.717) is 18.4 Å². The molecule has 1 aromatic carbocycles. The molecule has 0 saturated heterocycles. The van der Waals surface area contributed by atoms with Gasteiger partial charge in [0, 0.05) is 6.54 Å². The number of nitrogens with two attached hydrogens (primary N) is 1. The highest BCUT2D eigenvalue weighted by atomic mass is 16.5. The molecule has 0 fully saturated rings. The van der Waals surface area contributed by atoms with Crippen LogP contribution in [0.5, 0.6) is 5.75 Å². The fraction of sp³-hybridized carbons (Fsp3) is 0.417. The highest BCUT2D eigenvalue weighted by Crippen LogP contribution is 2.22. The first-order valence-electron chi connectivity index (χ1n) is 5.33. The number of rotatable bonds is 4. The summed E-state index contributed by atoms with van der Waals surface area (Å²) in [7, 11) is 1.63. The van der Waals surface area contributed by atoms with Crippen LogP contribution in [0.15, 0.2) is 29.3 Å². The van der Waals surface area contributed by atoms with Gasteiger partial charge in [-0.2, -0.15) is 0 Å². The fourth-order valence-electron chi connectivity index (χ4n) is 1.21. The summed E-state index contributed by atoms with van der Waals surface area (Å²) < 4.78 is 5.20. The van der Waals surface area contributed by atoms with Gasteiger partial charge in [-0.3, -0.25) is 4.99 Å². The molecule has 0 radical (unpaired) electrons. The van der Waals surface area contributed by atoms with Crippen molar-refractivity contribution in [1.29, 1.82) is 0 Å². The molecule has 88 valence electrons. The van der Waals surface area contributed by atoms with Crippen LogP contribution in [0.1, 0.15) is 13.8 Å². The van der Waals surface area contributed by atoms with E-state index in [-0.39, 0.29) is 0 Å². The molecular formula is C12H19N3O. The topological polar surface area (TPSA) is 59.6 Å². The lowest BCUT2D eigenvalue weighted by atomic mass is 10.2. The molecule has 0 unspecified atom stereocenters. The quantitative estimate of drug-likeness (QED) is 0.604. The van der Waals surface area contributed by atoms with E-state index in [0.717, 1.165) is 11.4 Å². The van der Waals surface area contributed by atoms with Gasteiger partial charge in [-0.15, -0.1) is 0 Å². The highest BCUT2D eigenvalue weighted by Gasteiger charge is 2.02. The maximum atomic E-state index is 5.76. The molecule has 0 aromatic heterocycles. The summed E-state index contributed by atoms with van der Waals surface area (Å²) >= 11 is 0. The summed E-state index contributed by atoms with van der Waals surface area (Å²) in [6, 6.07) is 7.60. The first-order valence-corrected chi connectivity index (χ1v) is 5.33. The first-order chi connectivity index (χ1) is 7.63. The summed E-state index contributed by atoms with van der Waals surface area (Å²) in [5.41, 5.74) is 6.59.